The fourth-order valence-electron chi connectivity index (χ4n) is 2.84. The van der Waals surface area contributed by atoms with E-state index in [9.17, 15) is 9.50 Å². The number of phenols is 1. The van der Waals surface area contributed by atoms with Crippen LogP contribution in [0.25, 0.3) is 0 Å². The molecular weight excluding hydrogens is 281 g/mol. The number of ether oxygens (including phenoxy) is 1. The summed E-state index contributed by atoms with van der Waals surface area (Å²) in [5.74, 6) is 0.799. The smallest absolute Gasteiger partial charge is 0.143 e. The number of anilines is 1. The predicted octanol–water partition coefficient (Wildman–Crippen LogP) is 3.75. The standard InChI is InChI=1S/C18H20FNO2/c1-12(2)20-11-16(9-13-3-5-14(19)6-4-13)22-18-8-7-15(21)10-17(18)20/h3-8,10,12,16,21H,9,11H2,1-2H3. The number of fused-ring (bicyclic) bond motifs is 1. The Kier molecular flexibility index (Phi) is 3.92. The van der Waals surface area contributed by atoms with Gasteiger partial charge in [-0.2, -0.15) is 0 Å². The van der Waals surface area contributed by atoms with Gasteiger partial charge in [0.2, 0.25) is 0 Å². The molecule has 1 aliphatic rings. The fraction of sp³-hybridized carbons (Fsp3) is 0.333. The van der Waals surface area contributed by atoms with Crippen LogP contribution in [0.15, 0.2) is 42.5 Å². The van der Waals surface area contributed by atoms with Gasteiger partial charge in [-0.3, -0.25) is 0 Å². The molecule has 0 radical (unpaired) electrons. The Labute approximate surface area is 130 Å². The summed E-state index contributed by atoms with van der Waals surface area (Å²) in [7, 11) is 0. The summed E-state index contributed by atoms with van der Waals surface area (Å²) in [6, 6.07) is 12.0. The second-order valence-electron chi connectivity index (χ2n) is 5.97. The maximum absolute atomic E-state index is 13.0. The lowest BCUT2D eigenvalue weighted by Crippen LogP contribution is -2.44. The normalized spacial score (nSPS) is 17.3. The Morgan fingerprint density at radius 3 is 2.64 bits per heavy atom. The van der Waals surface area contributed by atoms with E-state index in [1.807, 2.05) is 0 Å². The summed E-state index contributed by atoms with van der Waals surface area (Å²) < 4.78 is 19.1. The number of rotatable bonds is 3. The molecule has 22 heavy (non-hydrogen) atoms. The Bertz CT molecular complexity index is 655. The number of hydrogen-bond acceptors (Lipinski definition) is 3. The van der Waals surface area contributed by atoms with Crippen molar-refractivity contribution >= 4 is 5.69 Å². The maximum atomic E-state index is 13.0. The lowest BCUT2D eigenvalue weighted by atomic mass is 10.0. The molecule has 0 aliphatic carbocycles. The highest BCUT2D eigenvalue weighted by molar-refractivity contribution is 5.63. The molecule has 1 heterocycles. The summed E-state index contributed by atoms with van der Waals surface area (Å²) in [5, 5.41) is 9.70. The van der Waals surface area contributed by atoms with Crippen LogP contribution in [0, 0.1) is 5.82 Å². The molecule has 2 aromatic rings. The molecule has 0 amide bonds. The van der Waals surface area contributed by atoms with Crippen molar-refractivity contribution in [3.63, 3.8) is 0 Å². The van der Waals surface area contributed by atoms with Gasteiger partial charge in [0.25, 0.3) is 0 Å². The Hall–Kier alpha value is -2.23. The van der Waals surface area contributed by atoms with E-state index in [4.69, 9.17) is 4.74 Å². The van der Waals surface area contributed by atoms with Gasteiger partial charge in [-0.15, -0.1) is 0 Å². The van der Waals surface area contributed by atoms with Gasteiger partial charge in [-0.1, -0.05) is 12.1 Å². The van der Waals surface area contributed by atoms with Gasteiger partial charge in [-0.05, 0) is 43.7 Å². The zero-order chi connectivity index (χ0) is 15.7. The minimum absolute atomic E-state index is 0.00454. The number of aromatic hydroxyl groups is 1. The first-order valence-electron chi connectivity index (χ1n) is 7.53. The molecule has 1 aliphatic heterocycles. The second kappa shape index (κ2) is 5.87. The number of benzene rings is 2. The van der Waals surface area contributed by atoms with Gasteiger partial charge >= 0.3 is 0 Å². The molecule has 116 valence electrons. The average molecular weight is 301 g/mol. The van der Waals surface area contributed by atoms with E-state index in [2.05, 4.69) is 18.7 Å². The van der Waals surface area contributed by atoms with Crippen molar-refractivity contribution in [2.45, 2.75) is 32.4 Å². The molecule has 1 atom stereocenters. The second-order valence-corrected chi connectivity index (χ2v) is 5.97. The van der Waals surface area contributed by atoms with Gasteiger partial charge in [0.05, 0.1) is 12.2 Å². The molecule has 1 unspecified atom stereocenters. The summed E-state index contributed by atoms with van der Waals surface area (Å²) >= 11 is 0. The first kappa shape index (κ1) is 14.7. The molecule has 0 aromatic heterocycles. The minimum Gasteiger partial charge on any atom is -0.508 e. The molecule has 0 saturated carbocycles. The van der Waals surface area contributed by atoms with Gasteiger partial charge < -0.3 is 14.7 Å². The van der Waals surface area contributed by atoms with Crippen LogP contribution in [0.3, 0.4) is 0 Å². The highest BCUT2D eigenvalue weighted by atomic mass is 19.1. The van der Waals surface area contributed by atoms with Gasteiger partial charge in [0, 0.05) is 18.5 Å². The SMILES string of the molecule is CC(C)N1CC(Cc2ccc(F)cc2)Oc2ccc(O)cc21. The van der Waals surface area contributed by atoms with Crippen molar-refractivity contribution in [2.24, 2.45) is 0 Å². The number of phenolic OH excluding ortho intramolecular Hbond substituents is 1. The summed E-state index contributed by atoms with van der Waals surface area (Å²) in [5.41, 5.74) is 1.97. The molecule has 3 nitrogen and oxygen atoms in total. The third-order valence-electron chi connectivity index (χ3n) is 3.95. The molecule has 1 N–H and O–H groups in total. The van der Waals surface area contributed by atoms with Crippen molar-refractivity contribution in [3.05, 3.63) is 53.8 Å². The summed E-state index contributed by atoms with van der Waals surface area (Å²) in [6.45, 7) is 4.98. The van der Waals surface area contributed by atoms with E-state index in [0.717, 1.165) is 30.0 Å². The molecule has 0 bridgehead atoms. The predicted molar refractivity (Wildman–Crippen MR) is 85.1 cm³/mol. The van der Waals surface area contributed by atoms with Crippen molar-refractivity contribution in [1.82, 2.24) is 0 Å². The molecular formula is C18H20FNO2. The molecule has 3 rings (SSSR count). The van der Waals surface area contributed by atoms with Crippen molar-refractivity contribution in [2.75, 3.05) is 11.4 Å². The van der Waals surface area contributed by atoms with Crippen LogP contribution < -0.4 is 9.64 Å². The first-order valence-corrected chi connectivity index (χ1v) is 7.53. The van der Waals surface area contributed by atoms with E-state index in [-0.39, 0.29) is 17.7 Å². The van der Waals surface area contributed by atoms with E-state index in [1.54, 1.807) is 30.3 Å². The van der Waals surface area contributed by atoms with Crippen LogP contribution in [0.1, 0.15) is 19.4 Å². The minimum atomic E-state index is -0.224. The maximum Gasteiger partial charge on any atom is 0.143 e. The summed E-state index contributed by atoms with van der Waals surface area (Å²) in [6.07, 6.45) is 0.731. The molecule has 2 aromatic carbocycles. The third-order valence-corrected chi connectivity index (χ3v) is 3.95. The lowest BCUT2D eigenvalue weighted by molar-refractivity contribution is 0.190. The fourth-order valence-corrected chi connectivity index (χ4v) is 2.84. The molecule has 0 fully saturated rings. The van der Waals surface area contributed by atoms with Gasteiger partial charge in [-0.25, -0.2) is 4.39 Å². The quantitative estimate of drug-likeness (QED) is 0.937. The lowest BCUT2D eigenvalue weighted by Gasteiger charge is -2.39. The van der Waals surface area contributed by atoms with Crippen LogP contribution >= 0.6 is 0 Å². The van der Waals surface area contributed by atoms with E-state index >= 15 is 0 Å². The largest absolute Gasteiger partial charge is 0.508 e. The zero-order valence-electron chi connectivity index (χ0n) is 12.8. The highest BCUT2D eigenvalue weighted by Crippen LogP contribution is 2.37. The van der Waals surface area contributed by atoms with Gasteiger partial charge in [0.15, 0.2) is 0 Å². The average Bonchev–Trinajstić information content (AvgIpc) is 2.49. The molecule has 0 saturated heterocycles. The molecule has 0 spiro atoms. The van der Waals surface area contributed by atoms with E-state index < -0.39 is 0 Å². The van der Waals surface area contributed by atoms with E-state index in [0.29, 0.717) is 6.04 Å². The summed E-state index contributed by atoms with van der Waals surface area (Å²) in [4.78, 5) is 2.23. The first-order chi connectivity index (χ1) is 10.5. The van der Waals surface area contributed by atoms with Crippen molar-refractivity contribution in [1.29, 1.82) is 0 Å². The Morgan fingerprint density at radius 2 is 1.95 bits per heavy atom. The Morgan fingerprint density at radius 1 is 1.23 bits per heavy atom. The Balaban J connectivity index is 1.84. The van der Waals surface area contributed by atoms with Crippen LogP contribution in [0.2, 0.25) is 0 Å². The van der Waals surface area contributed by atoms with Crippen molar-refractivity contribution in [3.8, 4) is 11.5 Å². The van der Waals surface area contributed by atoms with Crippen LogP contribution in [0.5, 0.6) is 11.5 Å². The van der Waals surface area contributed by atoms with E-state index in [1.165, 1.54) is 12.1 Å². The van der Waals surface area contributed by atoms with Crippen LogP contribution in [0.4, 0.5) is 10.1 Å². The third kappa shape index (κ3) is 3.01. The van der Waals surface area contributed by atoms with Gasteiger partial charge in [0.1, 0.15) is 23.4 Å². The number of halogens is 1. The monoisotopic (exact) mass is 301 g/mol. The number of hydrogen-bond donors (Lipinski definition) is 1. The van der Waals surface area contributed by atoms with Crippen LogP contribution in [-0.4, -0.2) is 23.8 Å². The topological polar surface area (TPSA) is 32.7 Å². The highest BCUT2D eigenvalue weighted by Gasteiger charge is 2.27. The van der Waals surface area contributed by atoms with Crippen molar-refractivity contribution < 1.29 is 14.2 Å². The number of nitrogens with zero attached hydrogens (tertiary/aromatic N) is 1. The van der Waals surface area contributed by atoms with Crippen LogP contribution in [-0.2, 0) is 6.42 Å². The molecule has 4 heteroatoms. The zero-order valence-corrected chi connectivity index (χ0v) is 12.8.